The highest BCUT2D eigenvalue weighted by Gasteiger charge is 2.31. The third-order valence-corrected chi connectivity index (χ3v) is 5.34. The molecule has 5 heteroatoms. The number of piperazine rings is 1. The van der Waals surface area contributed by atoms with Crippen molar-refractivity contribution >= 4 is 11.6 Å². The Morgan fingerprint density at radius 1 is 1.20 bits per heavy atom. The SMILES string of the molecule is CCNC(=NCC1(O)CCCC1)N1CCN(c2cccc(C)c2)CC1. The molecule has 1 saturated carbocycles. The second-order valence-electron chi connectivity index (χ2n) is 7.41. The lowest BCUT2D eigenvalue weighted by Gasteiger charge is -2.38. The van der Waals surface area contributed by atoms with Crippen molar-refractivity contribution in [3.8, 4) is 0 Å². The number of aryl methyl sites for hydroxylation is 1. The summed E-state index contributed by atoms with van der Waals surface area (Å²) in [5, 5.41) is 14.0. The summed E-state index contributed by atoms with van der Waals surface area (Å²) >= 11 is 0. The molecule has 1 saturated heterocycles. The van der Waals surface area contributed by atoms with Crippen LogP contribution in [0.3, 0.4) is 0 Å². The Labute approximate surface area is 151 Å². The van der Waals surface area contributed by atoms with Crippen LogP contribution in [-0.2, 0) is 0 Å². The van der Waals surface area contributed by atoms with Gasteiger partial charge in [0.25, 0.3) is 0 Å². The molecule has 2 fully saturated rings. The fourth-order valence-electron chi connectivity index (χ4n) is 3.84. The summed E-state index contributed by atoms with van der Waals surface area (Å²) in [6, 6.07) is 8.72. The number of rotatable bonds is 4. The fourth-order valence-corrected chi connectivity index (χ4v) is 3.84. The van der Waals surface area contributed by atoms with E-state index in [1.54, 1.807) is 0 Å². The number of guanidine groups is 1. The van der Waals surface area contributed by atoms with E-state index in [2.05, 4.69) is 53.2 Å². The maximum absolute atomic E-state index is 10.6. The molecule has 0 unspecified atom stereocenters. The van der Waals surface area contributed by atoms with Crippen molar-refractivity contribution in [2.24, 2.45) is 4.99 Å². The number of hydrogen-bond donors (Lipinski definition) is 2. The number of nitrogens with zero attached hydrogens (tertiary/aromatic N) is 3. The quantitative estimate of drug-likeness (QED) is 0.650. The van der Waals surface area contributed by atoms with E-state index in [4.69, 9.17) is 4.99 Å². The Kier molecular flexibility index (Phi) is 5.84. The second kappa shape index (κ2) is 8.09. The Balaban J connectivity index is 1.60. The molecule has 0 aromatic heterocycles. The molecular weight excluding hydrogens is 312 g/mol. The number of aliphatic imine (C=N–C) groups is 1. The lowest BCUT2D eigenvalue weighted by molar-refractivity contribution is 0.0571. The van der Waals surface area contributed by atoms with Gasteiger partial charge in [0.15, 0.2) is 5.96 Å². The van der Waals surface area contributed by atoms with Gasteiger partial charge < -0.3 is 20.2 Å². The molecule has 1 heterocycles. The van der Waals surface area contributed by atoms with E-state index < -0.39 is 5.60 Å². The number of nitrogens with one attached hydrogen (secondary N) is 1. The first-order valence-corrected chi connectivity index (χ1v) is 9.67. The maximum atomic E-state index is 10.6. The maximum Gasteiger partial charge on any atom is 0.194 e. The molecular formula is C20H32N4O. The monoisotopic (exact) mass is 344 g/mol. The van der Waals surface area contributed by atoms with E-state index in [9.17, 15) is 5.11 Å². The Morgan fingerprint density at radius 3 is 2.56 bits per heavy atom. The Bertz CT molecular complexity index is 587. The molecule has 0 radical (unpaired) electrons. The molecule has 1 aliphatic heterocycles. The normalized spacial score (nSPS) is 20.8. The third-order valence-electron chi connectivity index (χ3n) is 5.34. The van der Waals surface area contributed by atoms with Crippen LogP contribution in [0.5, 0.6) is 0 Å². The van der Waals surface area contributed by atoms with E-state index in [-0.39, 0.29) is 0 Å². The molecule has 0 amide bonds. The summed E-state index contributed by atoms with van der Waals surface area (Å²) in [7, 11) is 0. The smallest absolute Gasteiger partial charge is 0.194 e. The molecule has 0 atom stereocenters. The average Bonchev–Trinajstić information content (AvgIpc) is 3.06. The van der Waals surface area contributed by atoms with Gasteiger partial charge in [0, 0.05) is 38.4 Å². The predicted molar refractivity (Wildman–Crippen MR) is 104 cm³/mol. The largest absolute Gasteiger partial charge is 0.388 e. The number of aliphatic hydroxyl groups is 1. The van der Waals surface area contributed by atoms with Gasteiger partial charge in [-0.05, 0) is 44.4 Å². The van der Waals surface area contributed by atoms with Gasteiger partial charge in [0.2, 0.25) is 0 Å². The zero-order valence-electron chi connectivity index (χ0n) is 15.7. The Hall–Kier alpha value is -1.75. The van der Waals surface area contributed by atoms with Crippen LogP contribution in [0.25, 0.3) is 0 Å². The lowest BCUT2D eigenvalue weighted by atomic mass is 10.0. The van der Waals surface area contributed by atoms with Gasteiger partial charge in [0.05, 0.1) is 12.1 Å². The summed E-state index contributed by atoms with van der Waals surface area (Å²) in [6.45, 7) is 9.53. The van der Waals surface area contributed by atoms with Crippen LogP contribution in [0.2, 0.25) is 0 Å². The van der Waals surface area contributed by atoms with E-state index in [0.717, 1.165) is 64.4 Å². The number of anilines is 1. The van der Waals surface area contributed by atoms with Crippen molar-refractivity contribution in [3.63, 3.8) is 0 Å². The molecule has 1 aromatic carbocycles. The van der Waals surface area contributed by atoms with Gasteiger partial charge in [-0.25, -0.2) is 0 Å². The predicted octanol–water partition coefficient (Wildman–Crippen LogP) is 2.39. The average molecular weight is 345 g/mol. The number of hydrogen-bond acceptors (Lipinski definition) is 3. The van der Waals surface area contributed by atoms with Crippen LogP contribution in [-0.4, -0.2) is 60.8 Å². The highest BCUT2D eigenvalue weighted by molar-refractivity contribution is 5.80. The van der Waals surface area contributed by atoms with E-state index in [0.29, 0.717) is 6.54 Å². The zero-order valence-corrected chi connectivity index (χ0v) is 15.7. The van der Waals surface area contributed by atoms with Crippen molar-refractivity contribution in [3.05, 3.63) is 29.8 Å². The van der Waals surface area contributed by atoms with Gasteiger partial charge in [-0.15, -0.1) is 0 Å². The first-order valence-electron chi connectivity index (χ1n) is 9.67. The minimum absolute atomic E-state index is 0.521. The lowest BCUT2D eigenvalue weighted by Crippen LogP contribution is -2.53. The fraction of sp³-hybridized carbons (Fsp3) is 0.650. The van der Waals surface area contributed by atoms with Crippen molar-refractivity contribution in [1.29, 1.82) is 0 Å². The summed E-state index contributed by atoms with van der Waals surface area (Å²) in [5.41, 5.74) is 2.03. The van der Waals surface area contributed by atoms with Gasteiger partial charge in [-0.2, -0.15) is 0 Å². The Morgan fingerprint density at radius 2 is 1.92 bits per heavy atom. The minimum atomic E-state index is -0.579. The third kappa shape index (κ3) is 4.66. The standard InChI is InChI=1S/C20H32N4O/c1-3-21-19(22-16-20(25)9-4-5-10-20)24-13-11-23(12-14-24)18-8-6-7-17(2)15-18/h6-8,15,25H,3-5,9-14,16H2,1-2H3,(H,21,22). The molecule has 25 heavy (non-hydrogen) atoms. The summed E-state index contributed by atoms with van der Waals surface area (Å²) in [5.74, 6) is 0.951. The van der Waals surface area contributed by atoms with Gasteiger partial charge in [-0.3, -0.25) is 4.99 Å². The molecule has 138 valence electrons. The van der Waals surface area contributed by atoms with Gasteiger partial charge in [-0.1, -0.05) is 25.0 Å². The summed E-state index contributed by atoms with van der Waals surface area (Å²) in [4.78, 5) is 9.54. The highest BCUT2D eigenvalue weighted by Crippen LogP contribution is 2.29. The van der Waals surface area contributed by atoms with Crippen LogP contribution in [0.4, 0.5) is 5.69 Å². The van der Waals surface area contributed by atoms with Gasteiger partial charge >= 0.3 is 0 Å². The van der Waals surface area contributed by atoms with Crippen LogP contribution in [0.15, 0.2) is 29.3 Å². The van der Waals surface area contributed by atoms with Crippen LogP contribution >= 0.6 is 0 Å². The first kappa shape index (κ1) is 18.1. The van der Waals surface area contributed by atoms with Crippen molar-refractivity contribution in [1.82, 2.24) is 10.2 Å². The molecule has 2 N–H and O–H groups in total. The van der Waals surface area contributed by atoms with Crippen LogP contribution in [0, 0.1) is 6.92 Å². The van der Waals surface area contributed by atoms with E-state index in [1.807, 2.05) is 0 Å². The van der Waals surface area contributed by atoms with E-state index >= 15 is 0 Å². The topological polar surface area (TPSA) is 51.1 Å². The first-order chi connectivity index (χ1) is 12.1. The molecule has 0 bridgehead atoms. The summed E-state index contributed by atoms with van der Waals surface area (Å²) in [6.07, 6.45) is 4.02. The zero-order chi connectivity index (χ0) is 17.7. The summed E-state index contributed by atoms with van der Waals surface area (Å²) < 4.78 is 0. The van der Waals surface area contributed by atoms with Crippen molar-refractivity contribution in [2.75, 3.05) is 44.2 Å². The molecule has 2 aliphatic rings. The molecule has 1 aromatic rings. The number of benzene rings is 1. The van der Waals surface area contributed by atoms with Gasteiger partial charge in [0.1, 0.15) is 0 Å². The molecule has 5 nitrogen and oxygen atoms in total. The highest BCUT2D eigenvalue weighted by atomic mass is 16.3. The van der Waals surface area contributed by atoms with Crippen LogP contribution < -0.4 is 10.2 Å². The van der Waals surface area contributed by atoms with Crippen molar-refractivity contribution in [2.45, 2.75) is 45.1 Å². The molecule has 1 aliphatic carbocycles. The molecule has 3 rings (SSSR count). The van der Waals surface area contributed by atoms with E-state index in [1.165, 1.54) is 11.3 Å². The van der Waals surface area contributed by atoms with Crippen LogP contribution in [0.1, 0.15) is 38.2 Å². The minimum Gasteiger partial charge on any atom is -0.388 e. The molecule has 0 spiro atoms. The second-order valence-corrected chi connectivity index (χ2v) is 7.41. The van der Waals surface area contributed by atoms with Crippen molar-refractivity contribution < 1.29 is 5.11 Å².